The third kappa shape index (κ3) is 5.50. The van der Waals surface area contributed by atoms with Gasteiger partial charge < -0.3 is 15.0 Å². The van der Waals surface area contributed by atoms with Crippen LogP contribution in [0.4, 0.5) is 5.69 Å². The lowest BCUT2D eigenvalue weighted by molar-refractivity contribution is -0.138. The Morgan fingerprint density at radius 3 is 2.39 bits per heavy atom. The standard InChI is InChI=1S/C24H28N2O5S2/c1-16(14-21(23(27)28)26-32(29)24(2,3)4)22(33(30,31)17-10-6-5-7-11-17)19-15-25-20-13-9-8-12-18(19)20/h5-13,21,25-26H,1,14-15H2,2-4H3,(H,27,28)/b22-19-/t21-,32?/m1/s1. The molecule has 0 fully saturated rings. The van der Waals surface area contributed by atoms with Gasteiger partial charge in [0.15, 0.2) is 6.04 Å². The number of para-hydroxylation sites is 1. The van der Waals surface area contributed by atoms with E-state index in [0.29, 0.717) is 5.57 Å². The fraction of sp³-hybridized carbons (Fsp3) is 0.292. The number of carboxylic acids is 1. The second-order valence-electron chi connectivity index (χ2n) is 8.72. The van der Waals surface area contributed by atoms with Gasteiger partial charge in [-0.15, -0.1) is 4.72 Å². The number of carboxylic acid groups (broad SMARTS) is 1. The second kappa shape index (κ2) is 9.72. The van der Waals surface area contributed by atoms with Crippen LogP contribution in [0, 0.1) is 0 Å². The van der Waals surface area contributed by atoms with Crippen molar-refractivity contribution >= 4 is 38.4 Å². The van der Waals surface area contributed by atoms with Gasteiger partial charge in [0.25, 0.3) is 0 Å². The van der Waals surface area contributed by atoms with Crippen molar-refractivity contribution in [2.45, 2.75) is 42.9 Å². The van der Waals surface area contributed by atoms with E-state index in [4.69, 9.17) is 0 Å². The van der Waals surface area contributed by atoms with Crippen molar-refractivity contribution in [2.75, 3.05) is 11.9 Å². The number of hydrogen-bond acceptors (Lipinski definition) is 6. The molecule has 2 aromatic rings. The summed E-state index contributed by atoms with van der Waals surface area (Å²) >= 11 is -1.66. The Kier molecular flexibility index (Phi) is 7.38. The van der Waals surface area contributed by atoms with E-state index >= 15 is 0 Å². The average molecular weight is 489 g/mol. The summed E-state index contributed by atoms with van der Waals surface area (Å²) < 4.78 is 41.9. The molecule has 33 heavy (non-hydrogen) atoms. The van der Waals surface area contributed by atoms with Crippen LogP contribution < -0.4 is 10.0 Å². The number of aliphatic carboxylic acids is 1. The molecule has 0 amide bonds. The minimum atomic E-state index is -4.01. The number of nitrogens with one attached hydrogen (secondary N) is 2. The summed E-state index contributed by atoms with van der Waals surface area (Å²) in [4.78, 5) is 12.0. The smallest absolute Gasteiger partial charge is 0.325 e. The third-order valence-electron chi connectivity index (χ3n) is 5.18. The molecule has 0 aliphatic carbocycles. The van der Waals surface area contributed by atoms with Crippen LogP contribution in [0.2, 0.25) is 0 Å². The van der Waals surface area contributed by atoms with E-state index in [1.54, 1.807) is 39.0 Å². The molecule has 9 heteroatoms. The number of sulfone groups is 1. The molecule has 7 nitrogen and oxygen atoms in total. The first-order valence-corrected chi connectivity index (χ1v) is 13.0. The van der Waals surface area contributed by atoms with Gasteiger partial charge in [-0.3, -0.25) is 4.79 Å². The molecule has 3 N–H and O–H groups in total. The number of rotatable bonds is 8. The van der Waals surface area contributed by atoms with Crippen molar-refractivity contribution in [1.29, 1.82) is 0 Å². The summed E-state index contributed by atoms with van der Waals surface area (Å²) in [5.74, 6) is -1.24. The fourth-order valence-corrected chi connectivity index (χ4v) is 6.01. The number of anilines is 1. The SMILES string of the molecule is C=C(C[C@@H](N[S+]([O-])C(C)(C)C)C(=O)O)/C(=C1\CNc2ccccc21)S(=O)(=O)c1ccccc1. The van der Waals surface area contributed by atoms with Gasteiger partial charge in [-0.25, -0.2) is 8.42 Å². The van der Waals surface area contributed by atoms with E-state index in [2.05, 4.69) is 16.6 Å². The fourth-order valence-electron chi connectivity index (χ4n) is 3.49. The Hall–Kier alpha value is -2.59. The zero-order valence-corrected chi connectivity index (χ0v) is 20.4. The minimum Gasteiger partial charge on any atom is -0.598 e. The van der Waals surface area contributed by atoms with E-state index in [0.717, 1.165) is 11.3 Å². The van der Waals surface area contributed by atoms with Gasteiger partial charge in [-0.1, -0.05) is 43.0 Å². The molecule has 0 spiro atoms. The Morgan fingerprint density at radius 1 is 1.18 bits per heavy atom. The summed E-state index contributed by atoms with van der Waals surface area (Å²) in [6.07, 6.45) is -0.232. The predicted molar refractivity (Wildman–Crippen MR) is 132 cm³/mol. The second-order valence-corrected chi connectivity index (χ2v) is 12.6. The van der Waals surface area contributed by atoms with Crippen LogP contribution >= 0.6 is 0 Å². The molecule has 2 atom stereocenters. The average Bonchev–Trinajstić information content (AvgIpc) is 3.16. The van der Waals surface area contributed by atoms with Crippen LogP contribution in [0.25, 0.3) is 5.57 Å². The third-order valence-corrected chi connectivity index (χ3v) is 8.76. The molecule has 176 valence electrons. The van der Waals surface area contributed by atoms with E-state index in [9.17, 15) is 22.9 Å². The Bertz CT molecular complexity index is 1180. The molecule has 0 bridgehead atoms. The van der Waals surface area contributed by atoms with Crippen LogP contribution in [-0.4, -0.2) is 41.4 Å². The van der Waals surface area contributed by atoms with Gasteiger partial charge in [-0.05, 0) is 50.1 Å². The highest BCUT2D eigenvalue weighted by Crippen LogP contribution is 2.39. The number of hydrogen-bond donors (Lipinski definition) is 3. The maximum atomic E-state index is 13.7. The Morgan fingerprint density at radius 2 is 1.79 bits per heavy atom. The highest BCUT2D eigenvalue weighted by molar-refractivity contribution is 7.95. The van der Waals surface area contributed by atoms with Crippen molar-refractivity contribution in [3.63, 3.8) is 0 Å². The van der Waals surface area contributed by atoms with Crippen molar-refractivity contribution < 1.29 is 22.9 Å². The number of benzene rings is 2. The monoisotopic (exact) mass is 488 g/mol. The summed E-state index contributed by atoms with van der Waals surface area (Å²) in [6, 6.07) is 14.0. The zero-order valence-electron chi connectivity index (χ0n) is 18.8. The van der Waals surface area contributed by atoms with Crippen molar-refractivity contribution in [3.05, 3.63) is 77.2 Å². The Balaban J connectivity index is 2.08. The van der Waals surface area contributed by atoms with Crippen LogP contribution in [0.3, 0.4) is 0 Å². The molecular formula is C24H28N2O5S2. The predicted octanol–water partition coefficient (Wildman–Crippen LogP) is 3.75. The molecule has 2 aromatic carbocycles. The minimum absolute atomic E-state index is 0.0132. The quantitative estimate of drug-likeness (QED) is 0.484. The lowest BCUT2D eigenvalue weighted by atomic mass is 10.0. The van der Waals surface area contributed by atoms with Crippen LogP contribution in [0.5, 0.6) is 0 Å². The van der Waals surface area contributed by atoms with Gasteiger partial charge in [0.2, 0.25) is 9.84 Å². The van der Waals surface area contributed by atoms with Gasteiger partial charge in [-0.2, -0.15) is 0 Å². The summed E-state index contributed by atoms with van der Waals surface area (Å²) in [5.41, 5.74) is 2.19. The van der Waals surface area contributed by atoms with E-state index < -0.39 is 38.0 Å². The first-order valence-electron chi connectivity index (χ1n) is 10.4. The number of fused-ring (bicyclic) bond motifs is 1. The molecule has 1 heterocycles. The van der Waals surface area contributed by atoms with Gasteiger partial charge in [0.05, 0.1) is 9.80 Å². The first-order chi connectivity index (χ1) is 15.4. The van der Waals surface area contributed by atoms with Gasteiger partial charge in [0, 0.05) is 35.6 Å². The van der Waals surface area contributed by atoms with Gasteiger partial charge >= 0.3 is 5.97 Å². The summed E-state index contributed by atoms with van der Waals surface area (Å²) in [5, 5.41) is 12.9. The molecule has 1 aliphatic heterocycles. The van der Waals surface area contributed by atoms with Crippen LogP contribution in [0.15, 0.2) is 76.5 Å². The molecule has 3 rings (SSSR count). The highest BCUT2D eigenvalue weighted by atomic mass is 32.2. The molecule has 0 saturated carbocycles. The van der Waals surface area contributed by atoms with E-state index in [-0.39, 0.29) is 28.3 Å². The van der Waals surface area contributed by atoms with Crippen LogP contribution in [-0.2, 0) is 26.0 Å². The van der Waals surface area contributed by atoms with Crippen LogP contribution in [0.1, 0.15) is 32.8 Å². The normalized spacial score (nSPS) is 17.0. The largest absolute Gasteiger partial charge is 0.598 e. The van der Waals surface area contributed by atoms with Gasteiger partial charge in [0.1, 0.15) is 4.75 Å². The van der Waals surface area contributed by atoms with Crippen molar-refractivity contribution in [2.24, 2.45) is 0 Å². The molecule has 1 unspecified atom stereocenters. The van der Waals surface area contributed by atoms with Crippen molar-refractivity contribution in [1.82, 2.24) is 4.72 Å². The maximum absolute atomic E-state index is 13.7. The molecule has 0 saturated heterocycles. The maximum Gasteiger partial charge on any atom is 0.325 e. The topological polar surface area (TPSA) is 119 Å². The lowest BCUT2D eigenvalue weighted by Crippen LogP contribution is -2.48. The molecule has 0 aromatic heterocycles. The molecule has 0 radical (unpaired) electrons. The number of carbonyl (C=O) groups is 1. The zero-order chi connectivity index (χ0) is 24.4. The highest BCUT2D eigenvalue weighted by Gasteiger charge is 2.36. The van der Waals surface area contributed by atoms with E-state index in [1.807, 2.05) is 24.3 Å². The Labute approximate surface area is 197 Å². The van der Waals surface area contributed by atoms with Crippen molar-refractivity contribution in [3.8, 4) is 0 Å². The molecule has 1 aliphatic rings. The summed E-state index contributed by atoms with van der Waals surface area (Å²) in [6.45, 7) is 9.41. The summed E-state index contributed by atoms with van der Waals surface area (Å²) in [7, 11) is -4.01. The first kappa shape index (κ1) is 25.0. The van der Waals surface area contributed by atoms with E-state index in [1.165, 1.54) is 12.1 Å². The lowest BCUT2D eigenvalue weighted by Gasteiger charge is -2.27. The molecular weight excluding hydrogens is 460 g/mol. The number of allylic oxidation sites excluding steroid dienone is 1.